The second-order valence-corrected chi connectivity index (χ2v) is 6.12. The summed E-state index contributed by atoms with van der Waals surface area (Å²) >= 11 is 1.56. The van der Waals surface area contributed by atoms with Crippen molar-refractivity contribution < 1.29 is 13.9 Å². The van der Waals surface area contributed by atoms with E-state index < -0.39 is 0 Å². The quantitative estimate of drug-likeness (QED) is 0.724. The van der Waals surface area contributed by atoms with E-state index in [0.29, 0.717) is 29.0 Å². The highest BCUT2D eigenvalue weighted by Gasteiger charge is 2.29. The fourth-order valence-electron chi connectivity index (χ4n) is 2.43. The lowest BCUT2D eigenvalue weighted by Crippen LogP contribution is -2.47. The molecular weight excluding hydrogens is 328 g/mol. The lowest BCUT2D eigenvalue weighted by atomic mass is 10.3. The number of ether oxygens (including phenoxy) is 1. The summed E-state index contributed by atoms with van der Waals surface area (Å²) in [5.41, 5.74) is 0. The molecule has 24 heavy (non-hydrogen) atoms. The van der Waals surface area contributed by atoms with Gasteiger partial charge in [-0.05, 0) is 24.3 Å². The molecule has 1 aliphatic rings. The maximum absolute atomic E-state index is 12.6. The first kappa shape index (κ1) is 14.8. The van der Waals surface area contributed by atoms with Crippen molar-refractivity contribution in [3.8, 4) is 17.3 Å². The zero-order valence-corrected chi connectivity index (χ0v) is 13.5. The number of furan rings is 1. The number of thioether (sulfide) groups is 1. The van der Waals surface area contributed by atoms with E-state index in [1.165, 1.54) is 0 Å². The summed E-state index contributed by atoms with van der Waals surface area (Å²) < 4.78 is 12.7. The maximum atomic E-state index is 12.6. The van der Waals surface area contributed by atoms with Crippen LogP contribution in [0.2, 0.25) is 0 Å². The standard InChI is InChI=1S/C16H14N4O3S/c21-14(11-23-12-5-2-1-3-6-12)19-8-10-24-16-18-17-15(20(16)19)13-7-4-9-22-13/h1-7,9H,8,10-11H2. The van der Waals surface area contributed by atoms with Gasteiger partial charge in [0.2, 0.25) is 11.0 Å². The van der Waals surface area contributed by atoms with E-state index in [-0.39, 0.29) is 12.5 Å². The molecular formula is C16H14N4O3S. The Hall–Kier alpha value is -2.74. The third kappa shape index (κ3) is 2.76. The molecule has 3 aromatic rings. The van der Waals surface area contributed by atoms with Gasteiger partial charge in [0, 0.05) is 5.75 Å². The highest BCUT2D eigenvalue weighted by Crippen LogP contribution is 2.27. The number of amides is 1. The van der Waals surface area contributed by atoms with Crippen LogP contribution in [0.1, 0.15) is 0 Å². The van der Waals surface area contributed by atoms with Gasteiger partial charge in [0.25, 0.3) is 5.91 Å². The van der Waals surface area contributed by atoms with Gasteiger partial charge in [0.05, 0.1) is 12.8 Å². The molecule has 0 unspecified atom stereocenters. The van der Waals surface area contributed by atoms with Crippen molar-refractivity contribution >= 4 is 17.7 Å². The highest BCUT2D eigenvalue weighted by atomic mass is 32.2. The monoisotopic (exact) mass is 342 g/mol. The van der Waals surface area contributed by atoms with Crippen LogP contribution in [-0.2, 0) is 4.79 Å². The molecule has 0 bridgehead atoms. The van der Waals surface area contributed by atoms with E-state index in [1.54, 1.807) is 39.8 Å². The predicted molar refractivity (Wildman–Crippen MR) is 88.5 cm³/mol. The van der Waals surface area contributed by atoms with Gasteiger partial charge in [0.15, 0.2) is 12.4 Å². The van der Waals surface area contributed by atoms with Crippen molar-refractivity contribution in [2.45, 2.75) is 5.16 Å². The summed E-state index contributed by atoms with van der Waals surface area (Å²) in [4.78, 5) is 12.6. The Morgan fingerprint density at radius 1 is 1.21 bits per heavy atom. The Labute approximate surface area is 142 Å². The van der Waals surface area contributed by atoms with Gasteiger partial charge in [-0.3, -0.25) is 4.79 Å². The van der Waals surface area contributed by atoms with Crippen LogP contribution in [0.25, 0.3) is 11.6 Å². The number of hydrogen-bond donors (Lipinski definition) is 0. The Kier molecular flexibility index (Phi) is 3.96. The van der Waals surface area contributed by atoms with Crippen molar-refractivity contribution in [2.75, 3.05) is 23.9 Å². The van der Waals surface area contributed by atoms with Crippen LogP contribution < -0.4 is 9.75 Å². The van der Waals surface area contributed by atoms with Gasteiger partial charge in [-0.15, -0.1) is 10.2 Å². The van der Waals surface area contributed by atoms with Crippen LogP contribution in [-0.4, -0.2) is 39.7 Å². The molecule has 0 spiro atoms. The molecule has 0 atom stereocenters. The lowest BCUT2D eigenvalue weighted by molar-refractivity contribution is -0.122. The molecule has 3 heterocycles. The fourth-order valence-corrected chi connectivity index (χ4v) is 3.28. The number of carbonyl (C=O) groups is 1. The van der Waals surface area contributed by atoms with E-state index in [0.717, 1.165) is 5.75 Å². The van der Waals surface area contributed by atoms with Crippen molar-refractivity contribution in [1.29, 1.82) is 0 Å². The second-order valence-electron chi connectivity index (χ2n) is 5.06. The van der Waals surface area contributed by atoms with Crippen LogP contribution in [0.5, 0.6) is 5.75 Å². The minimum atomic E-state index is -0.159. The molecule has 0 fully saturated rings. The van der Waals surface area contributed by atoms with E-state index in [4.69, 9.17) is 9.15 Å². The minimum Gasteiger partial charge on any atom is -0.484 e. The van der Waals surface area contributed by atoms with E-state index >= 15 is 0 Å². The summed E-state index contributed by atoms with van der Waals surface area (Å²) in [5, 5.41) is 10.6. The predicted octanol–water partition coefficient (Wildman–Crippen LogP) is 2.19. The number of para-hydroxylation sites is 1. The number of carbonyl (C=O) groups excluding carboxylic acids is 1. The van der Waals surface area contributed by atoms with Gasteiger partial charge in [0.1, 0.15) is 5.75 Å². The zero-order chi connectivity index (χ0) is 16.4. The third-order valence-electron chi connectivity index (χ3n) is 3.52. The topological polar surface area (TPSA) is 73.4 Å². The van der Waals surface area contributed by atoms with E-state index in [2.05, 4.69) is 10.2 Å². The third-order valence-corrected chi connectivity index (χ3v) is 4.42. The Bertz CT molecular complexity index is 832. The molecule has 4 rings (SSSR count). The van der Waals surface area contributed by atoms with Crippen LogP contribution in [0.3, 0.4) is 0 Å². The van der Waals surface area contributed by atoms with Crippen LogP contribution in [0.4, 0.5) is 0 Å². The molecule has 0 N–H and O–H groups in total. The lowest BCUT2D eigenvalue weighted by Gasteiger charge is -2.28. The molecule has 0 saturated heterocycles. The second kappa shape index (κ2) is 6.40. The smallest absolute Gasteiger partial charge is 0.279 e. The first-order valence-electron chi connectivity index (χ1n) is 7.43. The molecule has 1 aliphatic heterocycles. The highest BCUT2D eigenvalue weighted by molar-refractivity contribution is 7.99. The molecule has 7 nitrogen and oxygen atoms in total. The Balaban J connectivity index is 1.57. The fraction of sp³-hybridized carbons (Fsp3) is 0.188. The SMILES string of the molecule is O=C(COc1ccccc1)N1CCSc2nnc(-c3ccco3)n21. The van der Waals surface area contributed by atoms with Gasteiger partial charge in [-0.1, -0.05) is 30.0 Å². The van der Waals surface area contributed by atoms with Gasteiger partial charge in [-0.2, -0.15) is 0 Å². The zero-order valence-electron chi connectivity index (χ0n) is 12.7. The minimum absolute atomic E-state index is 0.0517. The van der Waals surface area contributed by atoms with Crippen LogP contribution in [0, 0.1) is 0 Å². The summed E-state index contributed by atoms with van der Waals surface area (Å²) in [5.74, 6) is 2.33. The average Bonchev–Trinajstić information content (AvgIpc) is 3.29. The average molecular weight is 342 g/mol. The Morgan fingerprint density at radius 3 is 2.88 bits per heavy atom. The summed E-state index contributed by atoms with van der Waals surface area (Å²) in [7, 11) is 0. The molecule has 0 radical (unpaired) electrons. The van der Waals surface area contributed by atoms with E-state index in [1.807, 2.05) is 30.3 Å². The first-order chi connectivity index (χ1) is 11.8. The summed E-state index contributed by atoms with van der Waals surface area (Å²) in [6.07, 6.45) is 1.57. The van der Waals surface area contributed by atoms with Crippen molar-refractivity contribution in [1.82, 2.24) is 14.9 Å². The van der Waals surface area contributed by atoms with E-state index in [9.17, 15) is 4.79 Å². The maximum Gasteiger partial charge on any atom is 0.279 e. The number of rotatable bonds is 4. The number of aromatic nitrogens is 3. The Morgan fingerprint density at radius 2 is 2.08 bits per heavy atom. The molecule has 1 aromatic carbocycles. The molecule has 0 saturated carbocycles. The van der Waals surface area contributed by atoms with Crippen molar-refractivity contribution in [2.24, 2.45) is 0 Å². The molecule has 0 aliphatic carbocycles. The van der Waals surface area contributed by atoms with Gasteiger partial charge in [-0.25, -0.2) is 9.69 Å². The number of fused-ring (bicyclic) bond motifs is 1. The molecule has 122 valence electrons. The number of nitrogens with zero attached hydrogens (tertiary/aromatic N) is 4. The summed E-state index contributed by atoms with van der Waals surface area (Å²) in [6.45, 7) is 0.504. The van der Waals surface area contributed by atoms with Gasteiger partial charge >= 0.3 is 0 Å². The number of hydrogen-bond acceptors (Lipinski definition) is 6. The van der Waals surface area contributed by atoms with Crippen LogP contribution in [0.15, 0.2) is 58.3 Å². The van der Waals surface area contributed by atoms with Crippen molar-refractivity contribution in [3.05, 3.63) is 48.7 Å². The first-order valence-corrected chi connectivity index (χ1v) is 8.42. The molecule has 1 amide bonds. The molecule has 8 heteroatoms. The normalized spacial score (nSPS) is 13.6. The van der Waals surface area contributed by atoms with Crippen LogP contribution >= 0.6 is 11.8 Å². The summed E-state index contributed by atoms with van der Waals surface area (Å²) in [6, 6.07) is 12.8. The largest absolute Gasteiger partial charge is 0.484 e. The number of benzene rings is 1. The molecule has 2 aromatic heterocycles. The van der Waals surface area contributed by atoms with Gasteiger partial charge < -0.3 is 9.15 Å². The van der Waals surface area contributed by atoms with Crippen molar-refractivity contribution in [3.63, 3.8) is 0 Å².